The average Bonchev–Trinajstić information content (AvgIpc) is 3.06. The van der Waals surface area contributed by atoms with E-state index in [1.54, 1.807) is 0 Å². The van der Waals surface area contributed by atoms with Crippen LogP contribution in [0.1, 0.15) is 23.1 Å². The van der Waals surface area contributed by atoms with Crippen molar-refractivity contribution in [3.8, 4) is 0 Å². The summed E-state index contributed by atoms with van der Waals surface area (Å²) in [6, 6.07) is 13.7. The van der Waals surface area contributed by atoms with E-state index in [1.165, 1.54) is 4.90 Å². The number of anilines is 2. The van der Waals surface area contributed by atoms with Crippen molar-refractivity contribution >= 4 is 28.8 Å². The second kappa shape index (κ2) is 10.4. The Hall–Kier alpha value is -3.16. The van der Waals surface area contributed by atoms with Crippen molar-refractivity contribution in [1.82, 2.24) is 9.80 Å². The van der Waals surface area contributed by atoms with Gasteiger partial charge in [0.2, 0.25) is 0 Å². The summed E-state index contributed by atoms with van der Waals surface area (Å²) in [5, 5.41) is 3.26. The number of aryl methyl sites for hydroxylation is 2. The van der Waals surface area contributed by atoms with Gasteiger partial charge in [0.1, 0.15) is 5.70 Å². The van der Waals surface area contributed by atoms with Gasteiger partial charge in [0.05, 0.1) is 18.8 Å². The number of nitrogens with zero attached hydrogens (tertiary/aromatic N) is 3. The summed E-state index contributed by atoms with van der Waals surface area (Å²) >= 11 is 0. The number of benzene rings is 2. The Labute approximate surface area is 202 Å². The minimum absolute atomic E-state index is 0.234. The highest BCUT2D eigenvalue weighted by Crippen LogP contribution is 2.32. The van der Waals surface area contributed by atoms with Gasteiger partial charge < -0.3 is 15.0 Å². The average molecular weight is 463 g/mol. The molecule has 1 N–H and O–H groups in total. The van der Waals surface area contributed by atoms with E-state index in [2.05, 4.69) is 10.2 Å². The molecule has 2 heterocycles. The molecule has 34 heavy (non-hydrogen) atoms. The lowest BCUT2D eigenvalue weighted by Gasteiger charge is -2.27. The lowest BCUT2D eigenvalue weighted by Crippen LogP contribution is -2.39. The molecule has 2 amide bonds. The first-order valence-electron chi connectivity index (χ1n) is 11.9. The molecule has 2 aliphatic heterocycles. The predicted octanol–water partition coefficient (Wildman–Crippen LogP) is 3.28. The van der Waals surface area contributed by atoms with Crippen LogP contribution in [0.15, 0.2) is 48.2 Å². The monoisotopic (exact) mass is 462 g/mol. The van der Waals surface area contributed by atoms with E-state index < -0.39 is 0 Å². The van der Waals surface area contributed by atoms with Crippen molar-refractivity contribution < 1.29 is 14.3 Å². The van der Waals surface area contributed by atoms with Crippen molar-refractivity contribution in [2.75, 3.05) is 63.7 Å². The third-order valence-corrected chi connectivity index (χ3v) is 6.58. The first-order chi connectivity index (χ1) is 16.3. The fourth-order valence-electron chi connectivity index (χ4n) is 4.32. The summed E-state index contributed by atoms with van der Waals surface area (Å²) in [7, 11) is 3.97. The molecule has 2 aromatic rings. The maximum absolute atomic E-state index is 13.5. The molecule has 2 aromatic carbocycles. The maximum Gasteiger partial charge on any atom is 0.278 e. The maximum atomic E-state index is 13.5. The van der Waals surface area contributed by atoms with Gasteiger partial charge in [-0.05, 0) is 61.2 Å². The largest absolute Gasteiger partial charge is 0.379 e. The zero-order valence-corrected chi connectivity index (χ0v) is 20.6. The van der Waals surface area contributed by atoms with Gasteiger partial charge in [0.25, 0.3) is 11.8 Å². The third kappa shape index (κ3) is 5.16. The number of carbonyl (C=O) groups excluding carboxylic acids is 2. The Morgan fingerprint density at radius 2 is 1.62 bits per heavy atom. The fourth-order valence-corrected chi connectivity index (χ4v) is 4.32. The van der Waals surface area contributed by atoms with Gasteiger partial charge >= 0.3 is 0 Å². The molecule has 4 rings (SSSR count). The van der Waals surface area contributed by atoms with E-state index in [-0.39, 0.29) is 11.8 Å². The summed E-state index contributed by atoms with van der Waals surface area (Å²) in [4.78, 5) is 32.7. The molecule has 180 valence electrons. The van der Waals surface area contributed by atoms with Gasteiger partial charge in [-0.3, -0.25) is 19.4 Å². The van der Waals surface area contributed by atoms with Crippen molar-refractivity contribution in [1.29, 1.82) is 0 Å². The normalized spacial score (nSPS) is 17.0. The van der Waals surface area contributed by atoms with Crippen molar-refractivity contribution in [2.45, 2.75) is 20.3 Å². The number of morpholine rings is 1. The Balaban J connectivity index is 1.58. The molecule has 0 aliphatic carbocycles. The van der Waals surface area contributed by atoms with Gasteiger partial charge in [0, 0.05) is 51.6 Å². The molecule has 0 aromatic heterocycles. The topological polar surface area (TPSA) is 65.1 Å². The number of nitrogens with one attached hydrogen (secondary N) is 1. The molecule has 0 unspecified atom stereocenters. The van der Waals surface area contributed by atoms with Crippen LogP contribution in [0.3, 0.4) is 0 Å². The molecule has 1 saturated heterocycles. The van der Waals surface area contributed by atoms with E-state index in [1.807, 2.05) is 75.3 Å². The summed E-state index contributed by atoms with van der Waals surface area (Å²) in [5.41, 5.74) is 5.63. The van der Waals surface area contributed by atoms with Crippen LogP contribution < -0.4 is 10.2 Å². The standard InChI is InChI=1S/C27H34N4O3/c1-19-6-7-21(18-20(19)2)24-25(28-22-8-10-23(11-9-22)29(3)4)27(33)31(26(24)32)13-5-12-30-14-16-34-17-15-30/h6-11,18,28H,5,12-17H2,1-4H3. The molecule has 2 aliphatic rings. The third-order valence-electron chi connectivity index (χ3n) is 6.58. The number of hydrogen-bond donors (Lipinski definition) is 1. The Morgan fingerprint density at radius 1 is 0.912 bits per heavy atom. The quantitative estimate of drug-likeness (QED) is 0.608. The summed E-state index contributed by atoms with van der Waals surface area (Å²) < 4.78 is 5.41. The summed E-state index contributed by atoms with van der Waals surface area (Å²) in [6.07, 6.45) is 0.739. The number of hydrogen-bond acceptors (Lipinski definition) is 6. The Bertz CT molecular complexity index is 1090. The van der Waals surface area contributed by atoms with Crippen molar-refractivity contribution in [3.63, 3.8) is 0 Å². The highest BCUT2D eigenvalue weighted by molar-refractivity contribution is 6.36. The number of carbonyl (C=O) groups is 2. The number of imide groups is 1. The van der Waals surface area contributed by atoms with Gasteiger partial charge in [0.15, 0.2) is 0 Å². The molecule has 0 spiro atoms. The van der Waals surface area contributed by atoms with Gasteiger partial charge in [-0.2, -0.15) is 0 Å². The second-order valence-corrected chi connectivity index (χ2v) is 9.18. The fraction of sp³-hybridized carbons (Fsp3) is 0.407. The van der Waals surface area contributed by atoms with Crippen LogP contribution in [-0.4, -0.2) is 75.1 Å². The van der Waals surface area contributed by atoms with Crippen LogP contribution >= 0.6 is 0 Å². The predicted molar refractivity (Wildman–Crippen MR) is 136 cm³/mol. The second-order valence-electron chi connectivity index (χ2n) is 9.18. The number of rotatable bonds is 8. The molecule has 0 radical (unpaired) electrons. The van der Waals surface area contributed by atoms with E-state index in [0.717, 1.165) is 67.3 Å². The smallest absolute Gasteiger partial charge is 0.278 e. The van der Waals surface area contributed by atoms with Crippen LogP contribution in [0.4, 0.5) is 11.4 Å². The summed E-state index contributed by atoms with van der Waals surface area (Å²) in [6.45, 7) is 8.56. The lowest BCUT2D eigenvalue weighted by atomic mass is 9.99. The molecule has 7 nitrogen and oxygen atoms in total. The van der Waals surface area contributed by atoms with Crippen LogP contribution in [0, 0.1) is 13.8 Å². The van der Waals surface area contributed by atoms with Crippen LogP contribution in [-0.2, 0) is 14.3 Å². The van der Waals surface area contributed by atoms with Crippen molar-refractivity contribution in [2.24, 2.45) is 0 Å². The van der Waals surface area contributed by atoms with Gasteiger partial charge in [-0.25, -0.2) is 0 Å². The number of ether oxygens (including phenoxy) is 1. The molecule has 1 fully saturated rings. The molecule has 0 saturated carbocycles. The van der Waals surface area contributed by atoms with Crippen LogP contribution in [0.2, 0.25) is 0 Å². The van der Waals surface area contributed by atoms with Crippen LogP contribution in [0.5, 0.6) is 0 Å². The molecular formula is C27H34N4O3. The highest BCUT2D eigenvalue weighted by atomic mass is 16.5. The number of amides is 2. The zero-order chi connectivity index (χ0) is 24.2. The Kier molecular flexibility index (Phi) is 7.34. The molecule has 0 bridgehead atoms. The van der Waals surface area contributed by atoms with E-state index >= 15 is 0 Å². The molecule has 7 heteroatoms. The molecule has 0 atom stereocenters. The SMILES string of the molecule is Cc1ccc(C2=C(Nc3ccc(N(C)C)cc3)C(=O)N(CCCN3CCOCC3)C2=O)cc1C. The zero-order valence-electron chi connectivity index (χ0n) is 20.6. The highest BCUT2D eigenvalue weighted by Gasteiger charge is 2.39. The van der Waals surface area contributed by atoms with Crippen LogP contribution in [0.25, 0.3) is 5.57 Å². The minimum Gasteiger partial charge on any atom is -0.379 e. The van der Waals surface area contributed by atoms with E-state index in [9.17, 15) is 9.59 Å². The Morgan fingerprint density at radius 3 is 2.26 bits per heavy atom. The summed E-state index contributed by atoms with van der Waals surface area (Å²) in [5.74, 6) is -0.500. The lowest BCUT2D eigenvalue weighted by molar-refractivity contribution is -0.136. The van der Waals surface area contributed by atoms with Crippen molar-refractivity contribution in [3.05, 3.63) is 64.9 Å². The minimum atomic E-state index is -0.267. The first kappa shape index (κ1) is 24.0. The molecular weight excluding hydrogens is 428 g/mol. The van der Waals surface area contributed by atoms with Gasteiger partial charge in [-0.1, -0.05) is 18.2 Å². The van der Waals surface area contributed by atoms with E-state index in [0.29, 0.717) is 17.8 Å². The first-order valence-corrected chi connectivity index (χ1v) is 11.9. The van der Waals surface area contributed by atoms with Gasteiger partial charge in [-0.15, -0.1) is 0 Å². The van der Waals surface area contributed by atoms with E-state index in [4.69, 9.17) is 4.74 Å².